The maximum Gasteiger partial charge on any atom is 0.498 e. The maximum absolute atomic E-state index is 12.4. The van der Waals surface area contributed by atoms with Crippen LogP contribution in [0.5, 0.6) is 5.75 Å². The van der Waals surface area contributed by atoms with Gasteiger partial charge in [0.1, 0.15) is 28.3 Å². The molecule has 0 aliphatic carbocycles. The average Bonchev–Trinajstić information content (AvgIpc) is 3.19. The summed E-state index contributed by atoms with van der Waals surface area (Å²) in [6.45, 7) is 3.08. The van der Waals surface area contributed by atoms with Gasteiger partial charge in [0.15, 0.2) is 5.69 Å². The molecule has 0 unspecified atom stereocenters. The molecule has 0 bridgehead atoms. The number of hydrogen-bond acceptors (Lipinski definition) is 7. The third kappa shape index (κ3) is 5.49. The van der Waals surface area contributed by atoms with Crippen LogP contribution >= 0.6 is 0 Å². The zero-order valence-electron chi connectivity index (χ0n) is 20.3. The highest BCUT2D eigenvalue weighted by Crippen LogP contribution is 2.38. The average molecular weight is 482 g/mol. The minimum Gasteiger partial charge on any atom is -0.494 e. The van der Waals surface area contributed by atoms with Gasteiger partial charge in [-0.1, -0.05) is 18.2 Å². The van der Waals surface area contributed by atoms with E-state index in [2.05, 4.69) is 5.10 Å². The summed E-state index contributed by atoms with van der Waals surface area (Å²) in [6.07, 6.45) is 1.60. The van der Waals surface area contributed by atoms with Gasteiger partial charge in [-0.3, -0.25) is 9.80 Å². The topological polar surface area (TPSA) is 121 Å². The lowest BCUT2D eigenvalue weighted by atomic mass is 10.1. The van der Waals surface area contributed by atoms with Gasteiger partial charge in [0, 0.05) is 29.8 Å². The van der Waals surface area contributed by atoms with Crippen LogP contribution in [0.3, 0.4) is 0 Å². The van der Waals surface area contributed by atoms with Crippen LogP contribution in [0.4, 0.5) is 5.69 Å². The maximum atomic E-state index is 12.4. The molecule has 35 heavy (non-hydrogen) atoms. The fourth-order valence-corrected chi connectivity index (χ4v) is 3.59. The first kappa shape index (κ1) is 25.4. The molecule has 2 heterocycles. The number of anilines is 1. The quantitative estimate of drug-likeness (QED) is 0.246. The van der Waals surface area contributed by atoms with E-state index in [1.54, 1.807) is 37.0 Å². The standard InChI is InChI=1S/C23H25N4O4.C2H4O2/c1-15-11-16(26(3)23(29)25(15)2)14-24-27(9-10-28)19-13-21-18(12-22(19)30-4)17-7-5-6-8-20(17)31-21;1-2(3)4/h5-8,11-14,28H,9-10H2,1-4H3;1H3,(H,3,4)/q+1;. The number of para-hydroxylation sites is 1. The van der Waals surface area contributed by atoms with Crippen LogP contribution in [-0.4, -0.2) is 47.2 Å². The summed E-state index contributed by atoms with van der Waals surface area (Å²) in [5.74, 6) is -0.228. The smallest absolute Gasteiger partial charge is 0.494 e. The number of methoxy groups -OCH3 is 1. The Hall–Kier alpha value is -4.18. The second-order valence-corrected chi connectivity index (χ2v) is 7.84. The molecule has 2 N–H and O–H groups in total. The number of aromatic nitrogens is 2. The summed E-state index contributed by atoms with van der Waals surface area (Å²) in [4.78, 5) is 21.4. The van der Waals surface area contributed by atoms with Crippen molar-refractivity contribution in [1.29, 1.82) is 0 Å². The molecule has 0 saturated carbocycles. The van der Waals surface area contributed by atoms with Gasteiger partial charge >= 0.3 is 5.69 Å². The molecule has 0 radical (unpaired) electrons. The molecule has 0 atom stereocenters. The number of carbonyl (C=O) groups is 1. The van der Waals surface area contributed by atoms with Gasteiger partial charge in [0.05, 0.1) is 40.6 Å². The fraction of sp³-hybridized carbons (Fsp3) is 0.280. The third-order valence-corrected chi connectivity index (χ3v) is 5.44. The highest BCUT2D eigenvalue weighted by Gasteiger charge is 2.18. The number of nitrogens with zero attached hydrogens (tertiary/aromatic N) is 4. The minimum absolute atomic E-state index is 0.111. The lowest BCUT2D eigenvalue weighted by Crippen LogP contribution is -2.54. The normalized spacial score (nSPS) is 11.0. The van der Waals surface area contributed by atoms with E-state index in [0.29, 0.717) is 22.7 Å². The van der Waals surface area contributed by atoms with Crippen molar-refractivity contribution in [3.05, 3.63) is 64.3 Å². The Kier molecular flexibility index (Phi) is 7.87. The van der Waals surface area contributed by atoms with Crippen LogP contribution in [0, 0.1) is 6.92 Å². The van der Waals surface area contributed by atoms with Crippen LogP contribution in [0.15, 0.2) is 56.8 Å². The summed E-state index contributed by atoms with van der Waals surface area (Å²) in [6, 6.07) is 13.5. The SMILES string of the molecule is CC(=O)O.COc1cc2c(cc1N(CCO)N=Cc1cc(C)n(C)c(=O)[n+]1C)oc1ccccc12. The molecular formula is C25H29N4O6+. The molecule has 0 spiro atoms. The number of aliphatic hydroxyl groups excluding tert-OH is 1. The summed E-state index contributed by atoms with van der Waals surface area (Å²) in [5.41, 5.74) is 3.47. The first-order valence-corrected chi connectivity index (χ1v) is 10.9. The molecule has 0 saturated heterocycles. The predicted octanol–water partition coefficient (Wildman–Crippen LogP) is 2.35. The molecule has 0 fully saturated rings. The molecule has 184 valence electrons. The van der Waals surface area contributed by atoms with Gasteiger partial charge in [-0.2, -0.15) is 19.0 Å². The van der Waals surface area contributed by atoms with E-state index >= 15 is 0 Å². The Morgan fingerprint density at radius 3 is 2.57 bits per heavy atom. The van der Waals surface area contributed by atoms with E-state index in [1.807, 2.05) is 49.4 Å². The van der Waals surface area contributed by atoms with Crippen LogP contribution < -0.4 is 20.0 Å². The highest BCUT2D eigenvalue weighted by atomic mass is 16.5. The number of aliphatic carboxylic acids is 1. The van der Waals surface area contributed by atoms with Crippen molar-refractivity contribution >= 4 is 39.8 Å². The lowest BCUT2D eigenvalue weighted by Gasteiger charge is -2.20. The number of furan rings is 1. The van der Waals surface area contributed by atoms with Crippen molar-refractivity contribution in [3.63, 3.8) is 0 Å². The first-order valence-electron chi connectivity index (χ1n) is 10.9. The summed E-state index contributed by atoms with van der Waals surface area (Å²) >= 11 is 0. The van der Waals surface area contributed by atoms with E-state index in [-0.39, 0.29) is 18.8 Å². The van der Waals surface area contributed by atoms with Crippen molar-refractivity contribution in [2.45, 2.75) is 13.8 Å². The number of hydrazone groups is 1. The van der Waals surface area contributed by atoms with Crippen LogP contribution in [0.1, 0.15) is 18.3 Å². The molecular weight excluding hydrogens is 452 g/mol. The lowest BCUT2D eigenvalue weighted by molar-refractivity contribution is -0.691. The van der Waals surface area contributed by atoms with Crippen molar-refractivity contribution in [3.8, 4) is 5.75 Å². The number of carboxylic acid groups (broad SMARTS) is 1. The number of aliphatic hydroxyl groups is 1. The van der Waals surface area contributed by atoms with Crippen molar-refractivity contribution in [2.75, 3.05) is 25.3 Å². The van der Waals surface area contributed by atoms with Crippen LogP contribution in [-0.2, 0) is 18.9 Å². The van der Waals surface area contributed by atoms with E-state index < -0.39 is 5.97 Å². The number of hydrogen-bond donors (Lipinski definition) is 2. The second-order valence-electron chi connectivity index (χ2n) is 7.84. The largest absolute Gasteiger partial charge is 0.498 e. The Balaban J connectivity index is 0.000000795. The summed E-state index contributed by atoms with van der Waals surface area (Å²) in [7, 11) is 5.02. The third-order valence-electron chi connectivity index (χ3n) is 5.44. The van der Waals surface area contributed by atoms with Crippen LogP contribution in [0.25, 0.3) is 21.9 Å². The number of fused-ring (bicyclic) bond motifs is 3. The molecule has 2 aromatic carbocycles. The fourth-order valence-electron chi connectivity index (χ4n) is 3.59. The number of ether oxygens (including phenoxy) is 1. The molecule has 0 aliphatic rings. The second kappa shape index (κ2) is 10.8. The highest BCUT2D eigenvalue weighted by molar-refractivity contribution is 6.06. The van der Waals surface area contributed by atoms with Gasteiger partial charge in [0.25, 0.3) is 5.97 Å². The van der Waals surface area contributed by atoms with E-state index in [0.717, 1.165) is 29.0 Å². The van der Waals surface area contributed by atoms with E-state index in [1.165, 1.54) is 4.57 Å². The Morgan fingerprint density at radius 2 is 1.91 bits per heavy atom. The summed E-state index contributed by atoms with van der Waals surface area (Å²) < 4.78 is 14.7. The molecule has 2 aromatic heterocycles. The van der Waals surface area contributed by atoms with Gasteiger partial charge in [-0.15, -0.1) is 0 Å². The summed E-state index contributed by atoms with van der Waals surface area (Å²) in [5, 5.41) is 25.2. The number of carboxylic acids is 1. The zero-order chi connectivity index (χ0) is 25.7. The number of benzene rings is 2. The van der Waals surface area contributed by atoms with Crippen molar-refractivity contribution in [1.82, 2.24) is 4.57 Å². The van der Waals surface area contributed by atoms with Crippen LogP contribution in [0.2, 0.25) is 0 Å². The molecule has 4 rings (SSSR count). The number of rotatable bonds is 6. The predicted molar refractivity (Wildman–Crippen MR) is 133 cm³/mol. The monoisotopic (exact) mass is 481 g/mol. The minimum atomic E-state index is -0.833. The van der Waals surface area contributed by atoms with E-state index in [4.69, 9.17) is 19.1 Å². The molecule has 4 aromatic rings. The van der Waals surface area contributed by atoms with Gasteiger partial charge in [0.2, 0.25) is 0 Å². The first-order chi connectivity index (χ1) is 16.7. The molecule has 0 amide bonds. The van der Waals surface area contributed by atoms with Crippen molar-refractivity contribution < 1.29 is 28.7 Å². The Morgan fingerprint density at radius 1 is 1.23 bits per heavy atom. The zero-order valence-corrected chi connectivity index (χ0v) is 20.3. The van der Waals surface area contributed by atoms with Crippen molar-refractivity contribution in [2.24, 2.45) is 19.2 Å². The Bertz CT molecular complexity index is 1450. The van der Waals surface area contributed by atoms with Gasteiger partial charge < -0.3 is 19.4 Å². The number of aryl methyl sites for hydroxylation is 1. The molecule has 10 heteroatoms. The van der Waals surface area contributed by atoms with Gasteiger partial charge in [-0.25, -0.2) is 0 Å². The molecule has 0 aliphatic heterocycles. The molecule has 10 nitrogen and oxygen atoms in total. The van der Waals surface area contributed by atoms with E-state index in [9.17, 15) is 9.90 Å². The Labute approximate surface area is 201 Å². The van der Waals surface area contributed by atoms with Gasteiger partial charge in [-0.05, 0) is 19.1 Å².